The molecule has 2 N–H and O–H groups in total. The quantitative estimate of drug-likeness (QED) is 0.831. The van der Waals surface area contributed by atoms with Gasteiger partial charge in [-0.25, -0.2) is 4.68 Å². The Hall–Kier alpha value is -2.15. The van der Waals surface area contributed by atoms with Gasteiger partial charge in [0.25, 0.3) is 0 Å². The van der Waals surface area contributed by atoms with E-state index >= 15 is 0 Å². The number of carbonyl (C=O) groups is 1. The van der Waals surface area contributed by atoms with Crippen molar-refractivity contribution in [3.63, 3.8) is 0 Å². The van der Waals surface area contributed by atoms with Crippen molar-refractivity contribution >= 4 is 5.91 Å². The minimum atomic E-state index is -0.125. The van der Waals surface area contributed by atoms with Crippen LogP contribution in [0.15, 0.2) is 29.0 Å². The maximum absolute atomic E-state index is 12.1. The average Bonchev–Trinajstić information content (AvgIpc) is 3.10. The van der Waals surface area contributed by atoms with E-state index in [1.165, 1.54) is 4.68 Å². The highest BCUT2D eigenvalue weighted by atomic mass is 16.3. The molecular formula is C14H21N5O2. The van der Waals surface area contributed by atoms with E-state index in [9.17, 15) is 4.79 Å². The summed E-state index contributed by atoms with van der Waals surface area (Å²) >= 11 is 0. The Labute approximate surface area is 123 Å². The van der Waals surface area contributed by atoms with Crippen LogP contribution in [0.2, 0.25) is 0 Å². The van der Waals surface area contributed by atoms with Gasteiger partial charge in [-0.15, -0.1) is 5.10 Å². The van der Waals surface area contributed by atoms with Gasteiger partial charge < -0.3 is 15.1 Å². The van der Waals surface area contributed by atoms with Gasteiger partial charge in [0.15, 0.2) is 0 Å². The number of carbonyl (C=O) groups excluding carboxylic acids is 1. The van der Waals surface area contributed by atoms with E-state index in [1.54, 1.807) is 30.5 Å². The van der Waals surface area contributed by atoms with Gasteiger partial charge >= 0.3 is 0 Å². The summed E-state index contributed by atoms with van der Waals surface area (Å²) in [6.45, 7) is 2.64. The summed E-state index contributed by atoms with van der Waals surface area (Å²) in [5.74, 6) is 0.682. The van der Waals surface area contributed by atoms with E-state index in [2.05, 4.69) is 17.2 Å². The first kappa shape index (κ1) is 15.2. The molecule has 0 aromatic carbocycles. The van der Waals surface area contributed by atoms with Crippen molar-refractivity contribution in [2.75, 3.05) is 7.05 Å². The van der Waals surface area contributed by atoms with Gasteiger partial charge in [0, 0.05) is 7.05 Å². The predicted molar refractivity (Wildman–Crippen MR) is 77.0 cm³/mol. The van der Waals surface area contributed by atoms with Crippen LogP contribution in [-0.2, 0) is 17.9 Å². The zero-order valence-corrected chi connectivity index (χ0v) is 12.4. The first-order valence-corrected chi connectivity index (χ1v) is 7.02. The Morgan fingerprint density at radius 1 is 1.57 bits per heavy atom. The fraction of sp³-hybridized carbons (Fsp3) is 0.500. The van der Waals surface area contributed by atoms with Crippen LogP contribution in [-0.4, -0.2) is 32.8 Å². The number of hydrogen-bond donors (Lipinski definition) is 1. The molecule has 2 rings (SSSR count). The van der Waals surface area contributed by atoms with Crippen LogP contribution < -0.4 is 5.73 Å². The fourth-order valence-corrected chi connectivity index (χ4v) is 2.00. The third-order valence-corrected chi connectivity index (χ3v) is 3.23. The van der Waals surface area contributed by atoms with Crippen LogP contribution in [0, 0.1) is 0 Å². The van der Waals surface area contributed by atoms with Gasteiger partial charge in [-0.05, 0) is 18.6 Å². The van der Waals surface area contributed by atoms with E-state index < -0.39 is 0 Å². The minimum absolute atomic E-state index is 0.0630. The number of nitrogens with two attached hydrogens (primary N) is 1. The summed E-state index contributed by atoms with van der Waals surface area (Å²) in [4.78, 5) is 13.7. The fourth-order valence-electron chi connectivity index (χ4n) is 2.00. The summed E-state index contributed by atoms with van der Waals surface area (Å²) in [6, 6.07) is 3.51. The van der Waals surface area contributed by atoms with Crippen LogP contribution >= 0.6 is 0 Å². The van der Waals surface area contributed by atoms with Gasteiger partial charge in [-0.1, -0.05) is 18.6 Å². The molecule has 0 radical (unpaired) electrons. The van der Waals surface area contributed by atoms with E-state index in [1.807, 2.05) is 6.07 Å². The third-order valence-electron chi connectivity index (χ3n) is 3.23. The molecule has 1 unspecified atom stereocenters. The van der Waals surface area contributed by atoms with Gasteiger partial charge in [-0.2, -0.15) is 0 Å². The second kappa shape index (κ2) is 7.03. The Morgan fingerprint density at radius 2 is 2.38 bits per heavy atom. The monoisotopic (exact) mass is 291 g/mol. The lowest BCUT2D eigenvalue weighted by Gasteiger charge is -2.15. The number of hydrogen-bond acceptors (Lipinski definition) is 5. The topological polar surface area (TPSA) is 90.2 Å². The molecule has 0 saturated heterocycles. The minimum Gasteiger partial charge on any atom is -0.467 e. The predicted octanol–water partition coefficient (Wildman–Crippen LogP) is 1.33. The molecule has 0 bridgehead atoms. The van der Waals surface area contributed by atoms with Crippen molar-refractivity contribution in [2.45, 2.75) is 38.9 Å². The summed E-state index contributed by atoms with van der Waals surface area (Å²) in [7, 11) is 1.73. The molecule has 2 heterocycles. The highest BCUT2D eigenvalue weighted by Crippen LogP contribution is 2.12. The van der Waals surface area contributed by atoms with Crippen molar-refractivity contribution in [2.24, 2.45) is 5.73 Å². The normalized spacial score (nSPS) is 12.3. The molecule has 1 amide bonds. The number of likely N-dealkylation sites (N-methyl/N-ethyl adjacent to an activating group) is 1. The van der Waals surface area contributed by atoms with Gasteiger partial charge in [0.1, 0.15) is 12.3 Å². The molecule has 0 aliphatic carbocycles. The molecule has 2 aromatic rings. The van der Waals surface area contributed by atoms with E-state index in [0.29, 0.717) is 6.54 Å². The van der Waals surface area contributed by atoms with Crippen LogP contribution in [0.1, 0.15) is 37.3 Å². The van der Waals surface area contributed by atoms with Crippen LogP contribution in [0.3, 0.4) is 0 Å². The molecule has 0 aliphatic rings. The Balaban J connectivity index is 1.90. The lowest BCUT2D eigenvalue weighted by Crippen LogP contribution is -2.29. The van der Waals surface area contributed by atoms with Crippen molar-refractivity contribution in [1.82, 2.24) is 19.9 Å². The molecule has 21 heavy (non-hydrogen) atoms. The van der Waals surface area contributed by atoms with Crippen molar-refractivity contribution in [3.05, 3.63) is 36.0 Å². The van der Waals surface area contributed by atoms with Crippen LogP contribution in [0.4, 0.5) is 0 Å². The lowest BCUT2D eigenvalue weighted by molar-refractivity contribution is -0.131. The molecule has 1 atom stereocenters. The second-order valence-corrected chi connectivity index (χ2v) is 5.07. The van der Waals surface area contributed by atoms with Crippen molar-refractivity contribution < 1.29 is 9.21 Å². The van der Waals surface area contributed by atoms with E-state index in [-0.39, 0.29) is 18.5 Å². The lowest BCUT2D eigenvalue weighted by atomic mass is 10.1. The largest absolute Gasteiger partial charge is 0.467 e. The van der Waals surface area contributed by atoms with Crippen LogP contribution in [0.25, 0.3) is 0 Å². The Bertz CT molecular complexity index is 564. The summed E-state index contributed by atoms with van der Waals surface area (Å²) in [5.41, 5.74) is 6.70. The van der Waals surface area contributed by atoms with Gasteiger partial charge in [0.05, 0.1) is 30.7 Å². The average molecular weight is 291 g/mol. The summed E-state index contributed by atoms with van der Waals surface area (Å²) in [6.07, 6.45) is 5.16. The SMILES string of the molecule is CCCC(N)c1cn(CC(=O)N(C)Cc2ccco2)nn1. The molecule has 2 aromatic heterocycles. The summed E-state index contributed by atoms with van der Waals surface area (Å²) in [5, 5.41) is 7.98. The molecule has 0 fully saturated rings. The first-order chi connectivity index (χ1) is 10.1. The smallest absolute Gasteiger partial charge is 0.244 e. The molecule has 0 spiro atoms. The van der Waals surface area contributed by atoms with E-state index in [0.717, 1.165) is 24.3 Å². The third kappa shape index (κ3) is 4.16. The van der Waals surface area contributed by atoms with Gasteiger partial charge in [0.2, 0.25) is 5.91 Å². The zero-order chi connectivity index (χ0) is 15.2. The maximum Gasteiger partial charge on any atom is 0.244 e. The van der Waals surface area contributed by atoms with Gasteiger partial charge in [-0.3, -0.25) is 4.79 Å². The number of aromatic nitrogens is 3. The zero-order valence-electron chi connectivity index (χ0n) is 12.4. The number of furan rings is 1. The standard InChI is InChI=1S/C14H21N5O2/c1-3-5-12(15)13-9-19(17-16-13)10-14(20)18(2)8-11-6-4-7-21-11/h4,6-7,9,12H,3,5,8,10,15H2,1-2H3. The molecule has 0 aliphatic heterocycles. The van der Waals surface area contributed by atoms with Crippen molar-refractivity contribution in [3.8, 4) is 0 Å². The number of rotatable bonds is 7. The molecule has 7 nitrogen and oxygen atoms in total. The Morgan fingerprint density at radius 3 is 3.05 bits per heavy atom. The second-order valence-electron chi connectivity index (χ2n) is 5.07. The Kier molecular flexibility index (Phi) is 5.10. The first-order valence-electron chi connectivity index (χ1n) is 7.02. The van der Waals surface area contributed by atoms with E-state index in [4.69, 9.17) is 10.2 Å². The summed E-state index contributed by atoms with van der Waals surface area (Å²) < 4.78 is 6.74. The molecule has 114 valence electrons. The number of amides is 1. The van der Waals surface area contributed by atoms with Crippen molar-refractivity contribution in [1.29, 1.82) is 0 Å². The number of nitrogens with zero attached hydrogens (tertiary/aromatic N) is 4. The highest BCUT2D eigenvalue weighted by Gasteiger charge is 2.14. The highest BCUT2D eigenvalue weighted by molar-refractivity contribution is 5.75. The molecular weight excluding hydrogens is 270 g/mol. The molecule has 0 saturated carbocycles. The maximum atomic E-state index is 12.1. The molecule has 7 heteroatoms. The van der Waals surface area contributed by atoms with Crippen LogP contribution in [0.5, 0.6) is 0 Å².